The van der Waals surface area contributed by atoms with Gasteiger partial charge in [0.2, 0.25) is 0 Å². The average molecular weight is 219 g/mol. The summed E-state index contributed by atoms with van der Waals surface area (Å²) in [6, 6.07) is -0.627. The Morgan fingerprint density at radius 1 is 1.38 bits per heavy atom. The summed E-state index contributed by atoms with van der Waals surface area (Å²) in [6.45, 7) is 1.44. The quantitative estimate of drug-likeness (QED) is 0.757. The number of hydrogen-bond acceptors (Lipinski definition) is 3. The van der Waals surface area contributed by atoms with Crippen molar-refractivity contribution in [3.63, 3.8) is 0 Å². The Kier molecular flexibility index (Phi) is 4.18. The third-order valence-electron chi connectivity index (χ3n) is 1.21. The van der Waals surface area contributed by atoms with Crippen molar-refractivity contribution in [3.8, 4) is 0 Å². The van der Waals surface area contributed by atoms with E-state index in [0.717, 1.165) is 0 Å². The molecule has 0 saturated carbocycles. The fourth-order valence-electron chi connectivity index (χ4n) is 0.755. The Labute approximate surface area is 75.0 Å². The summed E-state index contributed by atoms with van der Waals surface area (Å²) in [5, 5.41) is 0. The normalized spacial score (nSPS) is 15.8. The predicted molar refractivity (Wildman–Crippen MR) is 43.0 cm³/mol. The molecule has 3 nitrogen and oxygen atoms in total. The van der Waals surface area contributed by atoms with E-state index in [1.165, 1.54) is 6.92 Å². The highest BCUT2D eigenvalue weighted by Gasteiger charge is 2.29. The van der Waals surface area contributed by atoms with Gasteiger partial charge in [-0.1, -0.05) is 0 Å². The van der Waals surface area contributed by atoms with Crippen molar-refractivity contribution in [1.29, 1.82) is 0 Å². The Hall–Kier alpha value is -0.300. The average Bonchev–Trinajstić information content (AvgIpc) is 1.79. The SMILES string of the molecule is CC(N)CS(=O)(=O)CCC(F)(F)F. The van der Waals surface area contributed by atoms with Crippen LogP contribution in [0.15, 0.2) is 0 Å². The Balaban J connectivity index is 4.06. The molecule has 13 heavy (non-hydrogen) atoms. The van der Waals surface area contributed by atoms with Gasteiger partial charge in [0.05, 0.1) is 17.9 Å². The molecule has 7 heteroatoms. The number of hydrogen-bond donors (Lipinski definition) is 1. The summed E-state index contributed by atoms with van der Waals surface area (Å²) >= 11 is 0. The molecule has 0 heterocycles. The molecule has 0 saturated heterocycles. The second-order valence-electron chi connectivity index (χ2n) is 2.96. The van der Waals surface area contributed by atoms with Crippen LogP contribution in [0.1, 0.15) is 13.3 Å². The number of alkyl halides is 3. The van der Waals surface area contributed by atoms with Crippen LogP contribution < -0.4 is 5.73 Å². The van der Waals surface area contributed by atoms with Crippen LogP contribution in [0.2, 0.25) is 0 Å². The second kappa shape index (κ2) is 4.28. The summed E-state index contributed by atoms with van der Waals surface area (Å²) in [7, 11) is -3.66. The molecule has 1 atom stereocenters. The van der Waals surface area contributed by atoms with Gasteiger partial charge in [-0.3, -0.25) is 0 Å². The van der Waals surface area contributed by atoms with E-state index in [-0.39, 0.29) is 0 Å². The van der Waals surface area contributed by atoms with E-state index < -0.39 is 40.0 Å². The molecule has 0 aromatic heterocycles. The van der Waals surface area contributed by atoms with Gasteiger partial charge in [-0.2, -0.15) is 13.2 Å². The van der Waals surface area contributed by atoms with E-state index >= 15 is 0 Å². The zero-order valence-corrected chi connectivity index (χ0v) is 7.95. The molecular weight excluding hydrogens is 207 g/mol. The van der Waals surface area contributed by atoms with Crippen LogP contribution in [-0.2, 0) is 9.84 Å². The maximum Gasteiger partial charge on any atom is 0.390 e. The van der Waals surface area contributed by atoms with E-state index in [2.05, 4.69) is 0 Å². The van der Waals surface area contributed by atoms with Gasteiger partial charge in [0.25, 0.3) is 0 Å². The van der Waals surface area contributed by atoms with Crippen molar-refractivity contribution >= 4 is 9.84 Å². The molecule has 0 aliphatic rings. The van der Waals surface area contributed by atoms with Crippen molar-refractivity contribution in [1.82, 2.24) is 0 Å². The van der Waals surface area contributed by atoms with E-state index in [1.54, 1.807) is 0 Å². The molecule has 0 aromatic rings. The van der Waals surface area contributed by atoms with Crippen LogP contribution in [0.25, 0.3) is 0 Å². The number of sulfone groups is 1. The minimum atomic E-state index is -4.43. The highest BCUT2D eigenvalue weighted by Crippen LogP contribution is 2.20. The van der Waals surface area contributed by atoms with Crippen molar-refractivity contribution in [2.75, 3.05) is 11.5 Å². The molecule has 0 radical (unpaired) electrons. The smallest absolute Gasteiger partial charge is 0.327 e. The fraction of sp³-hybridized carbons (Fsp3) is 1.00. The zero-order valence-electron chi connectivity index (χ0n) is 7.13. The van der Waals surface area contributed by atoms with Crippen LogP contribution in [0.5, 0.6) is 0 Å². The number of halogens is 3. The summed E-state index contributed by atoms with van der Waals surface area (Å²) in [5.41, 5.74) is 5.16. The maximum absolute atomic E-state index is 11.6. The van der Waals surface area contributed by atoms with Crippen molar-refractivity contribution < 1.29 is 21.6 Å². The molecule has 0 spiro atoms. The molecular formula is C6H12F3NO2S. The van der Waals surface area contributed by atoms with Crippen LogP contribution in [0.4, 0.5) is 13.2 Å². The third-order valence-corrected chi connectivity index (χ3v) is 3.07. The second-order valence-corrected chi connectivity index (χ2v) is 5.19. The van der Waals surface area contributed by atoms with Gasteiger partial charge in [-0.05, 0) is 6.92 Å². The zero-order chi connectivity index (χ0) is 10.7. The number of nitrogens with two attached hydrogens (primary N) is 1. The molecule has 0 aliphatic heterocycles. The molecule has 2 N–H and O–H groups in total. The first-order chi connectivity index (χ1) is 5.62. The summed E-state index contributed by atoms with van der Waals surface area (Å²) in [6.07, 6.45) is -5.73. The monoisotopic (exact) mass is 219 g/mol. The van der Waals surface area contributed by atoms with Gasteiger partial charge in [0.1, 0.15) is 0 Å². The van der Waals surface area contributed by atoms with E-state index in [9.17, 15) is 21.6 Å². The highest BCUT2D eigenvalue weighted by atomic mass is 32.2. The highest BCUT2D eigenvalue weighted by molar-refractivity contribution is 7.91. The van der Waals surface area contributed by atoms with Crippen molar-refractivity contribution in [2.45, 2.75) is 25.6 Å². The molecule has 1 unspecified atom stereocenters. The van der Waals surface area contributed by atoms with Crippen molar-refractivity contribution in [2.24, 2.45) is 5.73 Å². The topological polar surface area (TPSA) is 60.2 Å². The molecule has 0 aromatic carbocycles. The fourth-order valence-corrected chi connectivity index (χ4v) is 2.27. The van der Waals surface area contributed by atoms with Crippen LogP contribution >= 0.6 is 0 Å². The summed E-state index contributed by atoms with van der Waals surface area (Å²) in [5.74, 6) is -1.28. The molecule has 80 valence electrons. The summed E-state index contributed by atoms with van der Waals surface area (Å²) < 4.78 is 56.7. The lowest BCUT2D eigenvalue weighted by Gasteiger charge is -2.08. The van der Waals surface area contributed by atoms with Crippen molar-refractivity contribution in [3.05, 3.63) is 0 Å². The molecule has 0 bridgehead atoms. The predicted octanol–water partition coefficient (Wildman–Crippen LogP) is 0.701. The van der Waals surface area contributed by atoms with E-state index in [4.69, 9.17) is 5.73 Å². The maximum atomic E-state index is 11.6. The minimum Gasteiger partial charge on any atom is -0.327 e. The minimum absolute atomic E-state index is 0.400. The number of rotatable bonds is 4. The van der Waals surface area contributed by atoms with Crippen LogP contribution in [0.3, 0.4) is 0 Å². The van der Waals surface area contributed by atoms with Gasteiger partial charge in [0.15, 0.2) is 9.84 Å². The van der Waals surface area contributed by atoms with Crippen LogP contribution in [-0.4, -0.2) is 32.1 Å². The Morgan fingerprint density at radius 3 is 2.15 bits per heavy atom. The first kappa shape index (κ1) is 12.7. The molecule has 0 fully saturated rings. The first-order valence-corrected chi connectivity index (χ1v) is 5.47. The summed E-state index contributed by atoms with van der Waals surface area (Å²) in [4.78, 5) is 0. The lowest BCUT2D eigenvalue weighted by Crippen LogP contribution is -2.29. The van der Waals surface area contributed by atoms with Gasteiger partial charge in [-0.25, -0.2) is 8.42 Å². The van der Waals surface area contributed by atoms with E-state index in [1.807, 2.05) is 0 Å². The Bertz CT molecular complexity index is 245. The first-order valence-electron chi connectivity index (χ1n) is 3.65. The van der Waals surface area contributed by atoms with Gasteiger partial charge in [-0.15, -0.1) is 0 Å². The lowest BCUT2D eigenvalue weighted by molar-refractivity contribution is -0.129. The molecule has 0 rings (SSSR count). The standard InChI is InChI=1S/C6H12F3NO2S/c1-5(10)4-13(11,12)3-2-6(7,8)9/h5H,2-4,10H2,1H3. The Morgan fingerprint density at radius 2 is 1.85 bits per heavy atom. The molecule has 0 amide bonds. The third kappa shape index (κ3) is 8.04. The lowest BCUT2D eigenvalue weighted by atomic mass is 10.4. The molecule has 0 aliphatic carbocycles. The van der Waals surface area contributed by atoms with Gasteiger partial charge >= 0.3 is 6.18 Å². The largest absolute Gasteiger partial charge is 0.390 e. The van der Waals surface area contributed by atoms with Crippen LogP contribution in [0, 0.1) is 0 Å². The van der Waals surface area contributed by atoms with Gasteiger partial charge in [0, 0.05) is 6.04 Å². The van der Waals surface area contributed by atoms with E-state index in [0.29, 0.717) is 0 Å². The van der Waals surface area contributed by atoms with Gasteiger partial charge < -0.3 is 5.73 Å².